The van der Waals surface area contributed by atoms with Gasteiger partial charge in [0.05, 0.1) is 0 Å². The molecule has 0 unspecified atom stereocenters. The molecule has 7 heteroatoms. The van der Waals surface area contributed by atoms with Gasteiger partial charge in [-0.3, -0.25) is 0 Å². The minimum absolute atomic E-state index is 0.00958. The Kier molecular flexibility index (Phi) is 3.15. The molecule has 0 atom stereocenters. The molecule has 1 aromatic carbocycles. The van der Waals surface area contributed by atoms with Gasteiger partial charge in [-0.25, -0.2) is 0 Å². The van der Waals surface area contributed by atoms with Crippen molar-refractivity contribution >= 4 is 22.7 Å². The van der Waals surface area contributed by atoms with Crippen molar-refractivity contribution in [1.29, 1.82) is 0 Å². The van der Waals surface area contributed by atoms with Crippen LogP contribution in [0.4, 0.5) is 26.3 Å². The van der Waals surface area contributed by atoms with Crippen molar-refractivity contribution in [2.24, 2.45) is 0 Å². The second kappa shape index (κ2) is 3.78. The fraction of sp³-hybridized carbons (Fsp3) is 0.250. The van der Waals surface area contributed by atoms with E-state index in [2.05, 4.69) is 0 Å². The molecule has 0 bridgehead atoms. The van der Waals surface area contributed by atoms with Gasteiger partial charge in [-0.2, -0.15) is 0 Å². The second-order valence-electron chi connectivity index (χ2n) is 2.84. The van der Waals surface area contributed by atoms with E-state index in [1.54, 1.807) is 0 Å². The summed E-state index contributed by atoms with van der Waals surface area (Å²) >= 11 is 0.714. The van der Waals surface area contributed by atoms with Gasteiger partial charge < -0.3 is 0 Å². The molecule has 0 aliphatic heterocycles. The zero-order chi connectivity index (χ0) is 11.9. The van der Waals surface area contributed by atoms with Crippen LogP contribution in [0.25, 0.3) is 0 Å². The molecular weight excluding hydrogens is 280 g/mol. The molecule has 1 rings (SSSR count). The van der Waals surface area contributed by atoms with E-state index in [-0.39, 0.29) is 10.2 Å². The Hall–Kier alpha value is -0.564. The molecule has 0 fully saturated rings. The van der Waals surface area contributed by atoms with Crippen molar-refractivity contribution in [3.8, 4) is 0 Å². The molecule has 80 valence electrons. The van der Waals surface area contributed by atoms with Crippen LogP contribution in [0.3, 0.4) is 0 Å². The van der Waals surface area contributed by atoms with Gasteiger partial charge in [0, 0.05) is 0 Å². The fourth-order valence-corrected chi connectivity index (χ4v) is 1.73. The molecule has 0 nitrogen and oxygen atoms in total. The number of hydrogen-bond donors (Lipinski definition) is 0. The van der Waals surface area contributed by atoms with Gasteiger partial charge in [0.1, 0.15) is 0 Å². The number of halogens is 6. The summed E-state index contributed by atoms with van der Waals surface area (Å²) in [5.41, 5.74) is -2.53. The Morgan fingerprint density at radius 2 is 1.07 bits per heavy atom. The predicted molar refractivity (Wildman–Crippen MR) is 41.8 cm³/mol. The molecule has 1 aromatic rings. The molecule has 0 amide bonds. The van der Waals surface area contributed by atoms with E-state index in [0.29, 0.717) is 30.7 Å². The summed E-state index contributed by atoms with van der Waals surface area (Å²) in [5.74, 6) is 0. The molecular formula is C8H3F6Ga. The molecule has 0 spiro atoms. The summed E-state index contributed by atoms with van der Waals surface area (Å²) in [7, 11) is 0. The Morgan fingerprint density at radius 3 is 1.33 bits per heavy atom. The zero-order valence-electron chi connectivity index (χ0n) is 7.08. The summed E-state index contributed by atoms with van der Waals surface area (Å²) in [6.45, 7) is 0. The van der Waals surface area contributed by atoms with Gasteiger partial charge >= 0.3 is 90.7 Å². The van der Waals surface area contributed by atoms with Crippen molar-refractivity contribution in [2.45, 2.75) is 12.4 Å². The van der Waals surface area contributed by atoms with Crippen molar-refractivity contribution in [3.63, 3.8) is 0 Å². The number of rotatable bonds is 0. The third-order valence-electron chi connectivity index (χ3n) is 1.61. The number of alkyl halides is 6. The average Bonchev–Trinajstić information content (AvgIpc) is 1.99. The Bertz CT molecular complexity index is 332. The monoisotopic (exact) mass is 282 g/mol. The van der Waals surface area contributed by atoms with E-state index in [1.165, 1.54) is 0 Å². The number of benzene rings is 1. The van der Waals surface area contributed by atoms with Crippen LogP contribution in [-0.2, 0) is 12.4 Å². The van der Waals surface area contributed by atoms with Gasteiger partial charge in [0.2, 0.25) is 0 Å². The van der Waals surface area contributed by atoms with E-state index >= 15 is 0 Å². The molecule has 0 aliphatic rings. The van der Waals surface area contributed by atoms with E-state index in [9.17, 15) is 26.3 Å². The van der Waals surface area contributed by atoms with Gasteiger partial charge in [0.25, 0.3) is 0 Å². The Labute approximate surface area is 91.2 Å². The molecule has 0 N–H and O–H groups in total. The van der Waals surface area contributed by atoms with Gasteiger partial charge in [-0.1, -0.05) is 0 Å². The standard InChI is InChI=1S/C8H3F6.Ga/c9-7(10,11)5-2-1-3-6(4-5)8(12,13)14;/h2-4H;. The van der Waals surface area contributed by atoms with Crippen molar-refractivity contribution in [1.82, 2.24) is 0 Å². The van der Waals surface area contributed by atoms with E-state index in [4.69, 9.17) is 0 Å². The van der Waals surface area contributed by atoms with Gasteiger partial charge in [-0.15, -0.1) is 0 Å². The fourth-order valence-electron chi connectivity index (χ4n) is 0.979. The molecule has 0 aromatic heterocycles. The first-order valence-corrected chi connectivity index (χ1v) is 4.87. The third kappa shape index (κ3) is 3.20. The first-order valence-electron chi connectivity index (χ1n) is 3.65. The van der Waals surface area contributed by atoms with Crippen molar-refractivity contribution in [2.75, 3.05) is 0 Å². The first-order chi connectivity index (χ1) is 6.60. The minimum atomic E-state index is -4.75. The van der Waals surface area contributed by atoms with Crippen LogP contribution < -0.4 is 4.12 Å². The van der Waals surface area contributed by atoms with E-state index in [0.717, 1.165) is 0 Å². The van der Waals surface area contributed by atoms with Crippen LogP contribution in [0.5, 0.6) is 0 Å². The quantitative estimate of drug-likeness (QED) is 0.507. The second-order valence-corrected chi connectivity index (χ2v) is 4.24. The molecule has 0 heterocycles. The van der Waals surface area contributed by atoms with Crippen molar-refractivity contribution < 1.29 is 26.3 Å². The van der Waals surface area contributed by atoms with Gasteiger partial charge in [0.15, 0.2) is 0 Å². The molecule has 0 aliphatic carbocycles. The SMILES string of the molecule is FC(F)(F)c1c[c]([Ga])cc(C(F)(F)F)c1. The summed E-state index contributed by atoms with van der Waals surface area (Å²) in [4.78, 5) is 0. The normalized spacial score (nSPS) is 12.9. The summed E-state index contributed by atoms with van der Waals surface area (Å²) in [5, 5.41) is 0. The van der Waals surface area contributed by atoms with Crippen LogP contribution in [0.2, 0.25) is 0 Å². The number of hydrogen-bond acceptors (Lipinski definition) is 0. The topological polar surface area (TPSA) is 0 Å². The van der Waals surface area contributed by atoms with Crippen LogP contribution in [0, 0.1) is 0 Å². The van der Waals surface area contributed by atoms with Crippen LogP contribution in [-0.4, -0.2) is 18.6 Å². The molecule has 2 radical (unpaired) electrons. The van der Waals surface area contributed by atoms with E-state index in [1.807, 2.05) is 0 Å². The zero-order valence-corrected chi connectivity index (χ0v) is 9.50. The molecule has 15 heavy (non-hydrogen) atoms. The van der Waals surface area contributed by atoms with Crippen LogP contribution >= 0.6 is 0 Å². The first kappa shape index (κ1) is 12.5. The summed E-state index contributed by atoms with van der Waals surface area (Å²) in [6, 6.07) is 1.52. The molecule has 0 saturated carbocycles. The maximum atomic E-state index is 12.2. The van der Waals surface area contributed by atoms with E-state index < -0.39 is 23.5 Å². The predicted octanol–water partition coefficient (Wildman–Crippen LogP) is 2.52. The maximum absolute atomic E-state index is 12.2. The Morgan fingerprint density at radius 1 is 0.733 bits per heavy atom. The third-order valence-corrected chi connectivity index (χ3v) is 2.31. The van der Waals surface area contributed by atoms with Crippen LogP contribution in [0.15, 0.2) is 18.2 Å². The van der Waals surface area contributed by atoms with Crippen molar-refractivity contribution in [3.05, 3.63) is 29.3 Å². The van der Waals surface area contributed by atoms with Gasteiger partial charge in [-0.05, 0) is 0 Å². The summed E-state index contributed by atoms with van der Waals surface area (Å²) in [6.07, 6.45) is -9.50. The van der Waals surface area contributed by atoms with Crippen LogP contribution in [0.1, 0.15) is 11.1 Å². The molecule has 0 saturated heterocycles. The average molecular weight is 283 g/mol. The summed E-state index contributed by atoms with van der Waals surface area (Å²) < 4.78 is 73.0. The Balaban J connectivity index is 3.30.